The third-order valence-corrected chi connectivity index (χ3v) is 7.02. The summed E-state index contributed by atoms with van der Waals surface area (Å²) in [5.41, 5.74) is 6.87. The van der Waals surface area contributed by atoms with E-state index in [2.05, 4.69) is 62.4 Å². The van der Waals surface area contributed by atoms with E-state index in [9.17, 15) is 9.59 Å². The minimum atomic E-state index is -0.336. The molecule has 0 aromatic heterocycles. The van der Waals surface area contributed by atoms with Crippen molar-refractivity contribution in [3.8, 4) is 0 Å². The maximum atomic E-state index is 12.4. The SMILES string of the molecule is C1=Cc2ccccc2C1.COC(=O)c1ccc(CC2Cc3ccccc3C2OC(=O)CCC(C)C)cc1. The highest BCUT2D eigenvalue weighted by Crippen LogP contribution is 2.41. The van der Waals surface area contributed by atoms with Crippen molar-refractivity contribution in [1.29, 1.82) is 0 Å². The van der Waals surface area contributed by atoms with Crippen LogP contribution in [0.2, 0.25) is 0 Å². The number of hydrogen-bond acceptors (Lipinski definition) is 4. The number of ether oxygens (including phenoxy) is 2. The van der Waals surface area contributed by atoms with E-state index >= 15 is 0 Å². The lowest BCUT2D eigenvalue weighted by Crippen LogP contribution is -2.18. The van der Waals surface area contributed by atoms with Crippen molar-refractivity contribution in [2.45, 2.75) is 52.1 Å². The molecule has 5 rings (SSSR count). The molecule has 0 heterocycles. The van der Waals surface area contributed by atoms with E-state index in [1.165, 1.54) is 23.8 Å². The second-order valence-electron chi connectivity index (χ2n) is 10.2. The van der Waals surface area contributed by atoms with Gasteiger partial charge in [-0.1, -0.05) is 86.7 Å². The van der Waals surface area contributed by atoms with Crippen molar-refractivity contribution in [2.24, 2.45) is 11.8 Å². The Morgan fingerprint density at radius 1 is 0.919 bits per heavy atom. The molecule has 0 fully saturated rings. The highest BCUT2D eigenvalue weighted by molar-refractivity contribution is 5.89. The minimum absolute atomic E-state index is 0.124. The number of esters is 2. The van der Waals surface area contributed by atoms with Gasteiger partial charge in [-0.3, -0.25) is 4.79 Å². The molecule has 2 aliphatic rings. The van der Waals surface area contributed by atoms with Crippen LogP contribution in [0.15, 0.2) is 78.9 Å². The number of carbonyl (C=O) groups excluding carboxylic acids is 2. The number of hydrogen-bond donors (Lipinski definition) is 0. The van der Waals surface area contributed by atoms with E-state index < -0.39 is 0 Å². The summed E-state index contributed by atoms with van der Waals surface area (Å²) in [6.07, 6.45) is 8.26. The van der Waals surface area contributed by atoms with E-state index in [1.807, 2.05) is 24.3 Å². The summed E-state index contributed by atoms with van der Waals surface area (Å²) in [7, 11) is 1.38. The Bertz CT molecular complexity index is 1240. The van der Waals surface area contributed by atoms with Gasteiger partial charge in [-0.15, -0.1) is 0 Å². The molecule has 2 atom stereocenters. The molecule has 0 bridgehead atoms. The van der Waals surface area contributed by atoms with Crippen molar-refractivity contribution in [3.63, 3.8) is 0 Å². The van der Waals surface area contributed by atoms with Crippen LogP contribution in [0, 0.1) is 11.8 Å². The van der Waals surface area contributed by atoms with E-state index in [-0.39, 0.29) is 24.0 Å². The van der Waals surface area contributed by atoms with Crippen molar-refractivity contribution in [3.05, 3.63) is 112 Å². The molecule has 3 aromatic carbocycles. The topological polar surface area (TPSA) is 52.6 Å². The Morgan fingerprint density at radius 2 is 1.62 bits per heavy atom. The molecule has 0 spiro atoms. The second kappa shape index (κ2) is 12.5. The lowest BCUT2D eigenvalue weighted by molar-refractivity contribution is -0.152. The number of carbonyl (C=O) groups is 2. The van der Waals surface area contributed by atoms with Gasteiger partial charge < -0.3 is 9.47 Å². The van der Waals surface area contributed by atoms with Crippen LogP contribution in [0.4, 0.5) is 0 Å². The van der Waals surface area contributed by atoms with Crippen molar-refractivity contribution in [2.75, 3.05) is 7.11 Å². The van der Waals surface area contributed by atoms with Gasteiger partial charge in [0.1, 0.15) is 6.10 Å². The van der Waals surface area contributed by atoms with Crippen molar-refractivity contribution in [1.82, 2.24) is 0 Å². The Morgan fingerprint density at radius 3 is 2.32 bits per heavy atom. The molecular formula is C33H36O4. The molecule has 2 unspecified atom stereocenters. The van der Waals surface area contributed by atoms with Gasteiger partial charge >= 0.3 is 11.9 Å². The molecule has 2 aliphatic carbocycles. The minimum Gasteiger partial charge on any atom is -0.465 e. The van der Waals surface area contributed by atoms with Gasteiger partial charge in [-0.2, -0.15) is 0 Å². The Kier molecular flexibility index (Phi) is 8.95. The number of fused-ring (bicyclic) bond motifs is 2. The molecule has 4 heteroatoms. The average Bonchev–Trinajstić information content (AvgIpc) is 3.53. The third-order valence-electron chi connectivity index (χ3n) is 7.02. The summed E-state index contributed by atoms with van der Waals surface area (Å²) in [5, 5.41) is 0. The quantitative estimate of drug-likeness (QED) is 0.326. The van der Waals surface area contributed by atoms with Crippen LogP contribution in [-0.2, 0) is 33.5 Å². The molecule has 0 N–H and O–H groups in total. The Labute approximate surface area is 220 Å². The Balaban J connectivity index is 0.000000295. The van der Waals surface area contributed by atoms with Crippen molar-refractivity contribution >= 4 is 18.0 Å². The second-order valence-corrected chi connectivity index (χ2v) is 10.2. The zero-order chi connectivity index (χ0) is 26.2. The van der Waals surface area contributed by atoms with Crippen LogP contribution >= 0.6 is 0 Å². The summed E-state index contributed by atoms with van der Waals surface area (Å²) in [4.78, 5) is 24.0. The fraction of sp³-hybridized carbons (Fsp3) is 0.333. The zero-order valence-electron chi connectivity index (χ0n) is 22.0. The molecule has 0 amide bonds. The van der Waals surface area contributed by atoms with Crippen LogP contribution < -0.4 is 0 Å². The van der Waals surface area contributed by atoms with Gasteiger partial charge in [0.2, 0.25) is 0 Å². The van der Waals surface area contributed by atoms with Gasteiger partial charge in [0, 0.05) is 12.3 Å². The molecule has 192 valence electrons. The van der Waals surface area contributed by atoms with Gasteiger partial charge in [0.15, 0.2) is 0 Å². The van der Waals surface area contributed by atoms with E-state index in [0.717, 1.165) is 36.8 Å². The molecule has 0 saturated carbocycles. The highest BCUT2D eigenvalue weighted by atomic mass is 16.5. The molecule has 3 aromatic rings. The summed E-state index contributed by atoms with van der Waals surface area (Å²) in [5.74, 6) is 0.218. The summed E-state index contributed by atoms with van der Waals surface area (Å²) >= 11 is 0. The first-order chi connectivity index (χ1) is 17.9. The predicted octanol–water partition coefficient (Wildman–Crippen LogP) is 7.16. The van der Waals surface area contributed by atoms with Crippen molar-refractivity contribution < 1.29 is 19.1 Å². The molecule has 37 heavy (non-hydrogen) atoms. The van der Waals surface area contributed by atoms with E-state index in [1.54, 1.807) is 12.1 Å². The first kappa shape index (κ1) is 26.4. The van der Waals surface area contributed by atoms with Gasteiger partial charge in [0.05, 0.1) is 12.7 Å². The smallest absolute Gasteiger partial charge is 0.337 e. The van der Waals surface area contributed by atoms with Crippen LogP contribution in [0.1, 0.15) is 71.0 Å². The first-order valence-corrected chi connectivity index (χ1v) is 13.1. The maximum absolute atomic E-state index is 12.4. The molecule has 0 radical (unpaired) electrons. The van der Waals surface area contributed by atoms with Crippen LogP contribution in [0.25, 0.3) is 6.08 Å². The number of methoxy groups -OCH3 is 1. The fourth-order valence-electron chi connectivity index (χ4n) is 4.98. The Hall–Kier alpha value is -3.66. The largest absolute Gasteiger partial charge is 0.465 e. The molecule has 0 saturated heterocycles. The average molecular weight is 497 g/mol. The van der Waals surface area contributed by atoms with Crippen LogP contribution in [0.5, 0.6) is 0 Å². The normalized spacial score (nSPS) is 17.0. The van der Waals surface area contributed by atoms with Gasteiger partial charge in [-0.05, 0) is 71.6 Å². The van der Waals surface area contributed by atoms with E-state index in [0.29, 0.717) is 17.9 Å². The summed E-state index contributed by atoms with van der Waals surface area (Å²) in [6, 6.07) is 24.2. The third kappa shape index (κ3) is 6.97. The van der Waals surface area contributed by atoms with Gasteiger partial charge in [-0.25, -0.2) is 4.79 Å². The molecule has 4 nitrogen and oxygen atoms in total. The summed E-state index contributed by atoms with van der Waals surface area (Å²) < 4.78 is 10.7. The van der Waals surface area contributed by atoms with Gasteiger partial charge in [0.25, 0.3) is 0 Å². The monoisotopic (exact) mass is 496 g/mol. The maximum Gasteiger partial charge on any atom is 0.337 e. The number of benzene rings is 3. The lowest BCUT2D eigenvalue weighted by atomic mass is 9.94. The van der Waals surface area contributed by atoms with Crippen LogP contribution in [-0.4, -0.2) is 19.0 Å². The fourth-order valence-corrected chi connectivity index (χ4v) is 4.98. The molecular weight excluding hydrogens is 460 g/mol. The highest BCUT2D eigenvalue weighted by Gasteiger charge is 2.35. The number of allylic oxidation sites excluding steroid dienone is 1. The first-order valence-electron chi connectivity index (χ1n) is 13.1. The van der Waals surface area contributed by atoms with E-state index in [4.69, 9.17) is 9.47 Å². The predicted molar refractivity (Wildman–Crippen MR) is 147 cm³/mol. The lowest BCUT2D eigenvalue weighted by Gasteiger charge is -2.21. The molecule has 0 aliphatic heterocycles. The zero-order valence-corrected chi connectivity index (χ0v) is 22.0. The summed E-state index contributed by atoms with van der Waals surface area (Å²) in [6.45, 7) is 4.22. The standard InChI is InChI=1S/C24H28O4.C9H8/c1-16(2)8-13-22(25)28-23-20(15-19-6-4-5-7-21(19)23)14-17-9-11-18(12-10-17)24(26)27-3;1-2-5-9-7-3-6-8(9)4-1/h4-7,9-12,16,20,23H,8,13-15H2,1-3H3;1-6H,7H2. The van der Waals surface area contributed by atoms with Crippen LogP contribution in [0.3, 0.4) is 0 Å². The number of rotatable bonds is 7.